The summed E-state index contributed by atoms with van der Waals surface area (Å²) in [5.41, 5.74) is 0.761. The summed E-state index contributed by atoms with van der Waals surface area (Å²) in [4.78, 5) is 22.0. The molecule has 0 saturated carbocycles. The molecule has 5 nitrogen and oxygen atoms in total. The number of aliphatic carboxylic acids is 1. The van der Waals surface area contributed by atoms with Crippen LogP contribution in [0.3, 0.4) is 0 Å². The number of carbonyl (C=O) groups is 2. The molecule has 1 amide bonds. The largest absolute Gasteiger partial charge is 0.506 e. The van der Waals surface area contributed by atoms with E-state index in [2.05, 4.69) is 5.32 Å². The summed E-state index contributed by atoms with van der Waals surface area (Å²) < 4.78 is 0. The van der Waals surface area contributed by atoms with Crippen molar-refractivity contribution >= 4 is 17.6 Å². The Morgan fingerprint density at radius 2 is 2.00 bits per heavy atom. The van der Waals surface area contributed by atoms with Crippen LogP contribution in [0.2, 0.25) is 0 Å². The van der Waals surface area contributed by atoms with Gasteiger partial charge in [0.2, 0.25) is 5.91 Å². The predicted octanol–water partition coefficient (Wildman–Crippen LogP) is 1.61. The number of phenolic OH excluding ortho intramolecular Hbond substituents is 1. The van der Waals surface area contributed by atoms with E-state index in [1.165, 1.54) is 18.2 Å². The smallest absolute Gasteiger partial charge is 0.307 e. The van der Waals surface area contributed by atoms with Crippen molar-refractivity contribution < 1.29 is 19.8 Å². The van der Waals surface area contributed by atoms with Crippen LogP contribution in [0.1, 0.15) is 19.4 Å². The van der Waals surface area contributed by atoms with Crippen LogP contribution in [0.4, 0.5) is 5.69 Å². The van der Waals surface area contributed by atoms with Gasteiger partial charge in [-0.2, -0.15) is 0 Å². The first-order valence-electron chi connectivity index (χ1n) is 5.24. The molecule has 0 aliphatic heterocycles. The van der Waals surface area contributed by atoms with Gasteiger partial charge in [-0.25, -0.2) is 0 Å². The Labute approximate surface area is 99.1 Å². The van der Waals surface area contributed by atoms with E-state index in [4.69, 9.17) is 5.11 Å². The molecular weight excluding hydrogens is 222 g/mol. The van der Waals surface area contributed by atoms with Gasteiger partial charge in [0.25, 0.3) is 0 Å². The first kappa shape index (κ1) is 13.0. The van der Waals surface area contributed by atoms with Crippen LogP contribution in [0.15, 0.2) is 18.2 Å². The van der Waals surface area contributed by atoms with Crippen LogP contribution < -0.4 is 5.32 Å². The van der Waals surface area contributed by atoms with Crippen molar-refractivity contribution in [1.82, 2.24) is 0 Å². The molecule has 17 heavy (non-hydrogen) atoms. The second-order valence-electron chi connectivity index (χ2n) is 4.07. The van der Waals surface area contributed by atoms with E-state index in [0.717, 1.165) is 0 Å². The van der Waals surface area contributed by atoms with Gasteiger partial charge < -0.3 is 15.5 Å². The lowest BCUT2D eigenvalue weighted by Gasteiger charge is -2.10. The first-order valence-corrected chi connectivity index (χ1v) is 5.24. The second-order valence-corrected chi connectivity index (χ2v) is 4.07. The Morgan fingerprint density at radius 1 is 1.35 bits per heavy atom. The topological polar surface area (TPSA) is 86.6 Å². The number of phenols is 1. The highest BCUT2D eigenvalue weighted by atomic mass is 16.4. The molecular formula is C12H15NO4. The maximum atomic E-state index is 11.5. The summed E-state index contributed by atoms with van der Waals surface area (Å²) >= 11 is 0. The summed E-state index contributed by atoms with van der Waals surface area (Å²) in [7, 11) is 0. The number of carboxylic acids is 1. The first-order chi connectivity index (χ1) is 7.90. The van der Waals surface area contributed by atoms with Crippen molar-refractivity contribution in [2.75, 3.05) is 5.32 Å². The lowest BCUT2D eigenvalue weighted by Crippen LogP contribution is -2.18. The number of aromatic hydroxyl groups is 1. The standard InChI is InChI=1S/C12H15NO4/c1-7(2)12(17)13-9-5-8(6-11(15)16)3-4-10(9)14/h3-5,7,14H,6H2,1-2H3,(H,13,17)(H,15,16). The minimum Gasteiger partial charge on any atom is -0.506 e. The quantitative estimate of drug-likeness (QED) is 0.694. The van der Waals surface area contributed by atoms with Gasteiger partial charge in [-0.1, -0.05) is 19.9 Å². The highest BCUT2D eigenvalue weighted by Crippen LogP contribution is 2.24. The number of carboxylic acid groups (broad SMARTS) is 1. The summed E-state index contributed by atoms with van der Waals surface area (Å²) in [6.45, 7) is 3.46. The minimum atomic E-state index is -0.961. The average molecular weight is 237 g/mol. The van der Waals surface area contributed by atoms with E-state index in [1.54, 1.807) is 13.8 Å². The number of anilines is 1. The molecule has 0 spiro atoms. The molecule has 3 N–H and O–H groups in total. The molecule has 0 fully saturated rings. The lowest BCUT2D eigenvalue weighted by atomic mass is 10.1. The number of nitrogens with one attached hydrogen (secondary N) is 1. The SMILES string of the molecule is CC(C)C(=O)Nc1cc(CC(=O)O)ccc1O. The summed E-state index contributed by atoms with van der Waals surface area (Å²) in [5, 5.41) is 20.7. The molecule has 0 unspecified atom stereocenters. The van der Waals surface area contributed by atoms with Gasteiger partial charge in [-0.05, 0) is 17.7 Å². The molecule has 0 atom stereocenters. The van der Waals surface area contributed by atoms with Crippen molar-refractivity contribution in [2.24, 2.45) is 5.92 Å². The number of benzene rings is 1. The molecule has 0 heterocycles. The normalized spacial score (nSPS) is 10.3. The fourth-order valence-corrected chi connectivity index (χ4v) is 1.24. The third-order valence-corrected chi connectivity index (χ3v) is 2.20. The number of rotatable bonds is 4. The summed E-state index contributed by atoms with van der Waals surface area (Å²) in [5.74, 6) is -1.48. The summed E-state index contributed by atoms with van der Waals surface area (Å²) in [6, 6.07) is 4.34. The second kappa shape index (κ2) is 5.34. The van der Waals surface area contributed by atoms with Crippen LogP contribution in [-0.2, 0) is 16.0 Å². The van der Waals surface area contributed by atoms with Gasteiger partial charge in [0, 0.05) is 5.92 Å². The zero-order valence-electron chi connectivity index (χ0n) is 9.73. The van der Waals surface area contributed by atoms with Crippen molar-refractivity contribution in [2.45, 2.75) is 20.3 Å². The van der Waals surface area contributed by atoms with E-state index >= 15 is 0 Å². The Kier molecular flexibility index (Phi) is 4.09. The molecule has 0 radical (unpaired) electrons. The monoisotopic (exact) mass is 237 g/mol. The zero-order chi connectivity index (χ0) is 13.0. The molecule has 0 bridgehead atoms. The molecule has 5 heteroatoms. The minimum absolute atomic E-state index is 0.0758. The predicted molar refractivity (Wildman–Crippen MR) is 62.9 cm³/mol. The van der Waals surface area contributed by atoms with Crippen LogP contribution in [0.25, 0.3) is 0 Å². The van der Waals surface area contributed by atoms with Gasteiger partial charge >= 0.3 is 5.97 Å². The Balaban J connectivity index is 2.90. The molecule has 1 aromatic rings. The van der Waals surface area contributed by atoms with Crippen molar-refractivity contribution in [1.29, 1.82) is 0 Å². The molecule has 1 aromatic carbocycles. The fraction of sp³-hybridized carbons (Fsp3) is 0.333. The molecule has 0 aromatic heterocycles. The van der Waals surface area contributed by atoms with Crippen molar-refractivity contribution in [3.63, 3.8) is 0 Å². The number of hydrogen-bond acceptors (Lipinski definition) is 3. The van der Waals surface area contributed by atoms with Gasteiger partial charge in [0.1, 0.15) is 5.75 Å². The Morgan fingerprint density at radius 3 is 2.53 bits per heavy atom. The van der Waals surface area contributed by atoms with E-state index < -0.39 is 5.97 Å². The molecule has 1 rings (SSSR count). The number of hydrogen-bond donors (Lipinski definition) is 3. The van der Waals surface area contributed by atoms with Gasteiger partial charge in [0.05, 0.1) is 12.1 Å². The number of carbonyl (C=O) groups excluding carboxylic acids is 1. The third-order valence-electron chi connectivity index (χ3n) is 2.20. The van der Waals surface area contributed by atoms with Gasteiger partial charge in [-0.15, -0.1) is 0 Å². The Hall–Kier alpha value is -2.04. The lowest BCUT2D eigenvalue weighted by molar-refractivity contribution is -0.136. The maximum absolute atomic E-state index is 11.5. The molecule has 0 aliphatic carbocycles. The van der Waals surface area contributed by atoms with Crippen LogP contribution in [0.5, 0.6) is 5.75 Å². The highest BCUT2D eigenvalue weighted by molar-refractivity contribution is 5.93. The Bertz CT molecular complexity index is 440. The number of amides is 1. The fourth-order valence-electron chi connectivity index (χ4n) is 1.24. The van der Waals surface area contributed by atoms with Crippen molar-refractivity contribution in [3.8, 4) is 5.75 Å². The van der Waals surface area contributed by atoms with E-state index in [1.807, 2.05) is 0 Å². The van der Waals surface area contributed by atoms with E-state index in [0.29, 0.717) is 5.56 Å². The van der Waals surface area contributed by atoms with Crippen LogP contribution in [0, 0.1) is 5.92 Å². The highest BCUT2D eigenvalue weighted by Gasteiger charge is 2.11. The van der Waals surface area contributed by atoms with Gasteiger partial charge in [0.15, 0.2) is 0 Å². The maximum Gasteiger partial charge on any atom is 0.307 e. The zero-order valence-corrected chi connectivity index (χ0v) is 9.73. The van der Waals surface area contributed by atoms with Crippen LogP contribution in [-0.4, -0.2) is 22.1 Å². The average Bonchev–Trinajstić information content (AvgIpc) is 2.22. The third kappa shape index (κ3) is 3.79. The van der Waals surface area contributed by atoms with Crippen molar-refractivity contribution in [3.05, 3.63) is 23.8 Å². The van der Waals surface area contributed by atoms with Gasteiger partial charge in [-0.3, -0.25) is 9.59 Å². The summed E-state index contributed by atoms with van der Waals surface area (Å²) in [6.07, 6.45) is -0.148. The van der Waals surface area contributed by atoms with E-state index in [9.17, 15) is 14.7 Å². The molecule has 92 valence electrons. The molecule has 0 saturated heterocycles. The van der Waals surface area contributed by atoms with E-state index in [-0.39, 0.29) is 29.7 Å². The van der Waals surface area contributed by atoms with Crippen LogP contribution >= 0.6 is 0 Å². The molecule has 0 aliphatic rings.